The highest BCUT2D eigenvalue weighted by Crippen LogP contribution is 2.23. The van der Waals surface area contributed by atoms with Crippen molar-refractivity contribution < 1.29 is 13.2 Å². The summed E-state index contributed by atoms with van der Waals surface area (Å²) in [6, 6.07) is 12.9. The quantitative estimate of drug-likeness (QED) is 0.817. The Labute approximate surface area is 166 Å². The fourth-order valence-electron chi connectivity index (χ4n) is 3.16. The summed E-state index contributed by atoms with van der Waals surface area (Å²) in [5, 5.41) is 1.91. The van der Waals surface area contributed by atoms with Crippen molar-refractivity contribution in [2.24, 2.45) is 5.73 Å². The van der Waals surface area contributed by atoms with E-state index in [2.05, 4.69) is 0 Å². The number of carbonyl (C=O) groups excluding carboxylic acids is 1. The highest BCUT2D eigenvalue weighted by molar-refractivity contribution is 7.89. The molecule has 0 bridgehead atoms. The van der Waals surface area contributed by atoms with Crippen LogP contribution in [-0.4, -0.2) is 55.8 Å². The molecule has 2 N–H and O–H groups in total. The third-order valence-corrected chi connectivity index (χ3v) is 6.66. The Morgan fingerprint density at radius 1 is 1.07 bits per heavy atom. The van der Waals surface area contributed by atoms with E-state index in [9.17, 15) is 13.2 Å². The molecule has 0 aromatic heterocycles. The van der Waals surface area contributed by atoms with Gasteiger partial charge >= 0.3 is 0 Å². The second-order valence-corrected chi connectivity index (χ2v) is 8.75. The van der Waals surface area contributed by atoms with Gasteiger partial charge in [0.05, 0.1) is 4.90 Å². The first kappa shape index (κ1) is 21.6. The normalized spacial score (nSPS) is 16.7. The number of sulfonamides is 1. The summed E-state index contributed by atoms with van der Waals surface area (Å²) in [7, 11) is -3.55. The van der Waals surface area contributed by atoms with Crippen LogP contribution in [-0.2, 0) is 14.8 Å². The highest BCUT2D eigenvalue weighted by Gasteiger charge is 2.30. The summed E-state index contributed by atoms with van der Waals surface area (Å²) in [4.78, 5) is 14.2. The number of hydrogen-bond donors (Lipinski definition) is 1. The number of benzene rings is 2. The molecule has 1 aliphatic rings. The van der Waals surface area contributed by atoms with Crippen molar-refractivity contribution >= 4 is 39.1 Å². The van der Waals surface area contributed by atoms with Gasteiger partial charge in [0.25, 0.3) is 0 Å². The van der Waals surface area contributed by atoms with Crippen molar-refractivity contribution in [3.8, 4) is 0 Å². The van der Waals surface area contributed by atoms with Crippen LogP contribution in [0.2, 0.25) is 0 Å². The molecule has 27 heavy (non-hydrogen) atoms. The van der Waals surface area contributed by atoms with Crippen molar-refractivity contribution in [1.29, 1.82) is 0 Å². The number of halogens is 1. The number of nitrogens with zero attached hydrogens (tertiary/aromatic N) is 2. The van der Waals surface area contributed by atoms with Crippen LogP contribution in [0.1, 0.15) is 19.8 Å². The van der Waals surface area contributed by atoms with Gasteiger partial charge in [0.1, 0.15) is 0 Å². The summed E-state index contributed by atoms with van der Waals surface area (Å²) in [6.07, 6.45) is 1.06. The van der Waals surface area contributed by atoms with Crippen LogP contribution in [0.5, 0.6) is 0 Å². The van der Waals surface area contributed by atoms with E-state index in [1.807, 2.05) is 37.3 Å². The SMILES string of the molecule is CC(N)CCC(=O)N1CCN(S(=O)(=O)c2ccc3ccccc3c2)CC1.Cl. The maximum Gasteiger partial charge on any atom is 0.243 e. The first-order chi connectivity index (χ1) is 12.4. The van der Waals surface area contributed by atoms with E-state index in [0.717, 1.165) is 10.8 Å². The van der Waals surface area contributed by atoms with Crippen LogP contribution in [0, 0.1) is 0 Å². The number of nitrogens with two attached hydrogens (primary N) is 1. The van der Waals surface area contributed by atoms with Crippen LogP contribution in [0.25, 0.3) is 10.8 Å². The average Bonchev–Trinajstić information content (AvgIpc) is 2.65. The Hall–Kier alpha value is -1.67. The molecule has 1 amide bonds. The highest BCUT2D eigenvalue weighted by atomic mass is 35.5. The van der Waals surface area contributed by atoms with Crippen molar-refractivity contribution in [2.75, 3.05) is 26.2 Å². The first-order valence-corrected chi connectivity index (χ1v) is 10.3. The molecule has 2 aromatic carbocycles. The van der Waals surface area contributed by atoms with Crippen LogP contribution in [0.15, 0.2) is 47.4 Å². The Morgan fingerprint density at radius 2 is 1.70 bits per heavy atom. The molecule has 3 rings (SSSR count). The molecule has 0 aliphatic carbocycles. The van der Waals surface area contributed by atoms with Gasteiger partial charge in [0, 0.05) is 38.6 Å². The number of carbonyl (C=O) groups is 1. The van der Waals surface area contributed by atoms with Crippen molar-refractivity contribution in [2.45, 2.75) is 30.7 Å². The third kappa shape index (κ3) is 4.99. The minimum Gasteiger partial charge on any atom is -0.340 e. The fourth-order valence-corrected chi connectivity index (χ4v) is 4.62. The van der Waals surface area contributed by atoms with Gasteiger partial charge in [-0.25, -0.2) is 8.42 Å². The van der Waals surface area contributed by atoms with E-state index < -0.39 is 10.0 Å². The fraction of sp³-hybridized carbons (Fsp3) is 0.421. The molecule has 0 radical (unpaired) electrons. The van der Waals surface area contributed by atoms with Crippen molar-refractivity contribution in [3.63, 3.8) is 0 Å². The average molecular weight is 412 g/mol. The molecule has 6 nitrogen and oxygen atoms in total. The summed E-state index contributed by atoms with van der Waals surface area (Å²) in [5.41, 5.74) is 5.69. The predicted molar refractivity (Wildman–Crippen MR) is 109 cm³/mol. The van der Waals surface area contributed by atoms with E-state index in [1.54, 1.807) is 17.0 Å². The Balaban J connectivity index is 0.00000261. The molecule has 8 heteroatoms. The number of fused-ring (bicyclic) bond motifs is 1. The first-order valence-electron chi connectivity index (χ1n) is 8.90. The zero-order chi connectivity index (χ0) is 18.7. The van der Waals surface area contributed by atoms with Crippen LogP contribution < -0.4 is 5.73 Å². The second-order valence-electron chi connectivity index (χ2n) is 6.81. The zero-order valence-corrected chi connectivity index (χ0v) is 17.0. The van der Waals surface area contributed by atoms with Crippen LogP contribution >= 0.6 is 12.4 Å². The topological polar surface area (TPSA) is 83.7 Å². The molecule has 2 aromatic rings. The van der Waals surface area contributed by atoms with Crippen LogP contribution in [0.3, 0.4) is 0 Å². The summed E-state index contributed by atoms with van der Waals surface area (Å²) in [5.74, 6) is 0.0463. The molecular weight excluding hydrogens is 386 g/mol. The molecule has 1 aliphatic heterocycles. The number of rotatable bonds is 5. The van der Waals surface area contributed by atoms with E-state index in [4.69, 9.17) is 5.73 Å². The Morgan fingerprint density at radius 3 is 2.33 bits per heavy atom. The van der Waals surface area contributed by atoms with E-state index in [0.29, 0.717) is 43.9 Å². The smallest absolute Gasteiger partial charge is 0.243 e. The maximum absolute atomic E-state index is 12.9. The van der Waals surface area contributed by atoms with Gasteiger partial charge in [-0.15, -0.1) is 12.4 Å². The van der Waals surface area contributed by atoms with Gasteiger partial charge in [-0.2, -0.15) is 4.31 Å². The molecule has 148 valence electrons. The lowest BCUT2D eigenvalue weighted by molar-refractivity contribution is -0.132. The van der Waals surface area contributed by atoms with Gasteiger partial charge in [-0.05, 0) is 36.2 Å². The maximum atomic E-state index is 12.9. The van der Waals surface area contributed by atoms with Crippen molar-refractivity contribution in [1.82, 2.24) is 9.21 Å². The minimum absolute atomic E-state index is 0. The Kier molecular flexibility index (Phi) is 7.22. The number of piperazine rings is 1. The van der Waals surface area contributed by atoms with Gasteiger partial charge in [-0.3, -0.25) is 4.79 Å². The van der Waals surface area contributed by atoms with E-state index in [-0.39, 0.29) is 24.4 Å². The molecule has 1 unspecified atom stereocenters. The largest absolute Gasteiger partial charge is 0.340 e. The summed E-state index contributed by atoms with van der Waals surface area (Å²) < 4.78 is 27.3. The number of hydrogen-bond acceptors (Lipinski definition) is 4. The lowest BCUT2D eigenvalue weighted by Crippen LogP contribution is -2.50. The lowest BCUT2D eigenvalue weighted by Gasteiger charge is -2.34. The lowest BCUT2D eigenvalue weighted by atomic mass is 10.1. The predicted octanol–water partition coefficient (Wildman–Crippen LogP) is 2.22. The molecule has 1 saturated heterocycles. The molecule has 0 spiro atoms. The number of amides is 1. The molecule has 0 saturated carbocycles. The Bertz CT molecular complexity index is 894. The van der Waals surface area contributed by atoms with Crippen LogP contribution in [0.4, 0.5) is 0 Å². The third-order valence-electron chi connectivity index (χ3n) is 4.76. The molecule has 1 heterocycles. The molecule has 1 fully saturated rings. The standard InChI is InChI=1S/C19H25N3O3S.ClH/c1-15(20)6-9-19(23)21-10-12-22(13-11-21)26(24,25)18-8-7-16-4-2-3-5-17(16)14-18;/h2-5,7-8,14-15H,6,9-13,20H2,1H3;1H. The second kappa shape index (κ2) is 9.01. The van der Waals surface area contributed by atoms with Gasteiger partial charge in [0.2, 0.25) is 15.9 Å². The monoisotopic (exact) mass is 411 g/mol. The van der Waals surface area contributed by atoms with Gasteiger partial charge < -0.3 is 10.6 Å². The van der Waals surface area contributed by atoms with E-state index >= 15 is 0 Å². The van der Waals surface area contributed by atoms with Gasteiger partial charge in [0.15, 0.2) is 0 Å². The molecular formula is C19H26ClN3O3S. The van der Waals surface area contributed by atoms with Crippen molar-refractivity contribution in [3.05, 3.63) is 42.5 Å². The zero-order valence-electron chi connectivity index (χ0n) is 15.4. The molecule has 1 atom stereocenters. The van der Waals surface area contributed by atoms with Gasteiger partial charge in [-0.1, -0.05) is 30.3 Å². The summed E-state index contributed by atoms with van der Waals surface area (Å²) >= 11 is 0. The minimum atomic E-state index is -3.55. The summed E-state index contributed by atoms with van der Waals surface area (Å²) in [6.45, 7) is 3.36. The van der Waals surface area contributed by atoms with E-state index in [1.165, 1.54) is 4.31 Å².